The van der Waals surface area contributed by atoms with Gasteiger partial charge in [0.2, 0.25) is 0 Å². The quantitative estimate of drug-likeness (QED) is 0.343. The molecule has 1 saturated heterocycles. The molecule has 0 amide bonds. The van der Waals surface area contributed by atoms with Crippen molar-refractivity contribution in [3.05, 3.63) is 6.92 Å². The molecule has 10 heteroatoms. The van der Waals surface area contributed by atoms with E-state index in [0.717, 1.165) is 12.8 Å². The standard InChI is InChI=1S/C8H15NO2.C2HF3O2.C2H5.BrH.Mg/c1-3-11-8(10)7-5-4-6(2)9-7;3-2(4,5)1(6)7;1-2;;/h6-7,9H,3-5H2,1-2H3;(H,6,7);1H2,2H3;1H;/q;;-1;;+2/p-1/t6-,7-;;;;/m0..../s1. The predicted octanol–water partition coefficient (Wildman–Crippen LogP) is -1.21. The minimum Gasteiger partial charge on any atom is -1.00 e. The molecule has 1 aliphatic rings. The number of halogens is 4. The van der Waals surface area contributed by atoms with E-state index in [1.807, 2.05) is 6.92 Å². The summed E-state index contributed by atoms with van der Waals surface area (Å²) in [6.45, 7) is 9.39. The first-order valence-electron chi connectivity index (χ1n) is 6.12. The fourth-order valence-corrected chi connectivity index (χ4v) is 1.36. The van der Waals surface area contributed by atoms with Crippen LogP contribution in [0, 0.1) is 6.92 Å². The molecule has 1 aliphatic heterocycles. The zero-order valence-electron chi connectivity index (χ0n) is 12.9. The number of esters is 1. The zero-order valence-corrected chi connectivity index (χ0v) is 15.9. The van der Waals surface area contributed by atoms with E-state index in [9.17, 15) is 18.0 Å². The summed E-state index contributed by atoms with van der Waals surface area (Å²) in [6.07, 6.45) is -3.09. The van der Waals surface area contributed by atoms with Gasteiger partial charge in [0.25, 0.3) is 0 Å². The second-order valence-electron chi connectivity index (χ2n) is 3.75. The van der Waals surface area contributed by atoms with E-state index >= 15 is 0 Å². The molecule has 2 atom stereocenters. The minimum absolute atomic E-state index is 0. The number of hydrogen-bond acceptors (Lipinski definition) is 4. The van der Waals surface area contributed by atoms with Gasteiger partial charge in [-0.25, -0.2) is 4.79 Å². The Kier molecular flexibility index (Phi) is 21.5. The Morgan fingerprint density at radius 3 is 1.95 bits per heavy atom. The first-order chi connectivity index (χ1) is 9.18. The zero-order chi connectivity index (χ0) is 16.3. The Morgan fingerprint density at radius 1 is 1.32 bits per heavy atom. The molecule has 0 radical (unpaired) electrons. The van der Waals surface area contributed by atoms with E-state index in [4.69, 9.17) is 14.6 Å². The van der Waals surface area contributed by atoms with E-state index < -0.39 is 12.1 Å². The summed E-state index contributed by atoms with van der Waals surface area (Å²) in [5.74, 6) is -2.86. The average molecular weight is 405 g/mol. The minimum atomic E-state index is -5.08. The molecule has 0 unspecified atom stereocenters. The summed E-state index contributed by atoms with van der Waals surface area (Å²) < 4.78 is 36.6. The first-order valence-corrected chi connectivity index (χ1v) is 6.12. The number of ether oxygens (including phenoxy) is 1. The molecule has 0 aliphatic carbocycles. The van der Waals surface area contributed by atoms with Crippen LogP contribution in [0.15, 0.2) is 0 Å². The van der Waals surface area contributed by atoms with Gasteiger partial charge in [0.1, 0.15) is 6.04 Å². The normalized spacial score (nSPS) is 19.0. The fraction of sp³-hybridized carbons (Fsp3) is 0.750. The molecule has 0 aromatic rings. The third-order valence-electron chi connectivity index (χ3n) is 2.19. The number of carboxylic acids is 1. The van der Waals surface area contributed by atoms with E-state index in [-0.39, 0.29) is 52.0 Å². The maximum absolute atomic E-state index is 11.1. The Hall–Kier alpha value is -0.0638. The molecule has 128 valence electrons. The van der Waals surface area contributed by atoms with Crippen LogP contribution in [0.1, 0.15) is 33.6 Å². The second kappa shape index (κ2) is 15.8. The molecule has 0 bridgehead atoms. The van der Waals surface area contributed by atoms with Crippen molar-refractivity contribution in [1.29, 1.82) is 0 Å². The van der Waals surface area contributed by atoms with Crippen LogP contribution in [0.3, 0.4) is 0 Å². The number of carbonyl (C=O) groups excluding carboxylic acids is 1. The van der Waals surface area contributed by atoms with Gasteiger partial charge < -0.3 is 39.1 Å². The summed E-state index contributed by atoms with van der Waals surface area (Å²) in [4.78, 5) is 20.0. The SMILES string of the molecule is CCOC(=O)[C@@H]1CC[C@H](C)N1.O=C(O)C(F)(F)F.[Br-].[CH2-]C.[Mg+2]. The number of rotatable bonds is 2. The molecule has 5 nitrogen and oxygen atoms in total. The molecule has 1 rings (SSSR count). The molecule has 2 N–H and O–H groups in total. The van der Waals surface area contributed by atoms with Crippen LogP contribution in [-0.2, 0) is 14.3 Å². The van der Waals surface area contributed by atoms with Crippen molar-refractivity contribution < 1.29 is 49.6 Å². The second-order valence-corrected chi connectivity index (χ2v) is 3.75. The Bertz CT molecular complexity index is 307. The number of aliphatic carboxylic acids is 1. The number of hydrogen-bond donors (Lipinski definition) is 2. The van der Waals surface area contributed by atoms with Gasteiger partial charge in [-0.15, -0.1) is 0 Å². The van der Waals surface area contributed by atoms with Crippen LogP contribution in [0.25, 0.3) is 0 Å². The third-order valence-corrected chi connectivity index (χ3v) is 2.19. The predicted molar refractivity (Wildman–Crippen MR) is 72.7 cm³/mol. The summed E-state index contributed by atoms with van der Waals surface area (Å²) in [5.41, 5.74) is 0. The monoisotopic (exact) mass is 403 g/mol. The van der Waals surface area contributed by atoms with Crippen LogP contribution in [0.5, 0.6) is 0 Å². The summed E-state index contributed by atoms with van der Waals surface area (Å²) >= 11 is 0. The van der Waals surface area contributed by atoms with Gasteiger partial charge in [-0.3, -0.25) is 4.79 Å². The molecule has 0 aromatic carbocycles. The summed E-state index contributed by atoms with van der Waals surface area (Å²) in [7, 11) is 0. The molecular formula is C12H21BrF3MgNO4. The molecule has 0 saturated carbocycles. The fourth-order valence-electron chi connectivity index (χ4n) is 1.36. The van der Waals surface area contributed by atoms with Crippen LogP contribution in [-0.4, -0.2) is 65.0 Å². The van der Waals surface area contributed by atoms with Gasteiger partial charge in [-0.1, -0.05) is 0 Å². The maximum atomic E-state index is 11.1. The number of nitrogens with one attached hydrogen (secondary N) is 1. The molecular weight excluding hydrogens is 383 g/mol. The number of carboxylic acid groups (broad SMARTS) is 1. The summed E-state index contributed by atoms with van der Waals surface area (Å²) in [5, 5.41) is 10.3. The van der Waals surface area contributed by atoms with Crippen LogP contribution >= 0.6 is 0 Å². The Morgan fingerprint density at radius 2 is 1.73 bits per heavy atom. The molecule has 0 aromatic heterocycles. The van der Waals surface area contributed by atoms with E-state index in [0.29, 0.717) is 12.6 Å². The molecule has 0 spiro atoms. The van der Waals surface area contributed by atoms with Gasteiger partial charge >= 0.3 is 41.2 Å². The van der Waals surface area contributed by atoms with Crippen molar-refractivity contribution in [3.63, 3.8) is 0 Å². The van der Waals surface area contributed by atoms with Crippen molar-refractivity contribution in [3.8, 4) is 0 Å². The largest absolute Gasteiger partial charge is 2.00 e. The average Bonchev–Trinajstić information content (AvgIpc) is 2.78. The number of alkyl halides is 3. The van der Waals surface area contributed by atoms with Crippen LogP contribution in [0.4, 0.5) is 13.2 Å². The van der Waals surface area contributed by atoms with Crippen LogP contribution < -0.4 is 22.3 Å². The van der Waals surface area contributed by atoms with Crippen molar-refractivity contribution >= 4 is 35.0 Å². The first kappa shape index (κ1) is 29.9. The van der Waals surface area contributed by atoms with E-state index in [2.05, 4.69) is 19.2 Å². The van der Waals surface area contributed by atoms with Gasteiger partial charge in [0.15, 0.2) is 0 Å². The summed E-state index contributed by atoms with van der Waals surface area (Å²) in [6, 6.07) is 0.411. The van der Waals surface area contributed by atoms with Crippen LogP contribution in [0.2, 0.25) is 0 Å². The van der Waals surface area contributed by atoms with Gasteiger partial charge in [-0.05, 0) is 26.7 Å². The van der Waals surface area contributed by atoms with Gasteiger partial charge in [0, 0.05) is 6.04 Å². The number of carbonyl (C=O) groups is 2. The van der Waals surface area contributed by atoms with Crippen molar-refractivity contribution in [2.45, 2.75) is 51.9 Å². The molecule has 1 fully saturated rings. The van der Waals surface area contributed by atoms with Crippen molar-refractivity contribution in [2.24, 2.45) is 0 Å². The van der Waals surface area contributed by atoms with Gasteiger partial charge in [0.05, 0.1) is 6.61 Å². The van der Waals surface area contributed by atoms with E-state index in [1.165, 1.54) is 0 Å². The smallest absolute Gasteiger partial charge is 1.00 e. The maximum Gasteiger partial charge on any atom is 2.00 e. The molecule has 1 heterocycles. The van der Waals surface area contributed by atoms with Crippen molar-refractivity contribution in [2.75, 3.05) is 6.61 Å². The van der Waals surface area contributed by atoms with E-state index in [1.54, 1.807) is 6.92 Å². The van der Waals surface area contributed by atoms with Crippen molar-refractivity contribution in [1.82, 2.24) is 5.32 Å². The molecule has 22 heavy (non-hydrogen) atoms. The Labute approximate surface area is 155 Å². The topological polar surface area (TPSA) is 75.6 Å². The third kappa shape index (κ3) is 14.9. The Balaban J connectivity index is -0.000000130. The van der Waals surface area contributed by atoms with Gasteiger partial charge in [-0.2, -0.15) is 20.1 Å².